The van der Waals surface area contributed by atoms with Gasteiger partial charge in [0.1, 0.15) is 42.0 Å². The third-order valence-corrected chi connectivity index (χ3v) is 10.4. The Kier molecular flexibility index (Phi) is 22.1. The molecule has 1 heterocycles. The highest BCUT2D eigenvalue weighted by Gasteiger charge is 2.35. The number of nitrogens with one attached hydrogen (secondary N) is 7. The van der Waals surface area contributed by atoms with Crippen LogP contribution in [0.1, 0.15) is 56.4 Å². The second-order valence-corrected chi connectivity index (χ2v) is 16.4. The number of aromatic amines is 1. The molecule has 0 aliphatic heterocycles. The van der Waals surface area contributed by atoms with Crippen molar-refractivity contribution in [2.75, 3.05) is 12.3 Å². The number of thiol groups is 1. The van der Waals surface area contributed by atoms with Crippen molar-refractivity contribution in [1.29, 1.82) is 0 Å². The topological polar surface area (TPSA) is 389 Å². The number of hydrogen-bond donors (Lipinski definition) is 14. The molecule has 23 nitrogen and oxygen atoms in total. The predicted octanol–water partition coefficient (Wildman–Crippen LogP) is -2.03. The molecule has 0 saturated heterocycles. The van der Waals surface area contributed by atoms with Crippen LogP contribution >= 0.6 is 12.6 Å². The summed E-state index contributed by atoms with van der Waals surface area (Å²) in [7, 11) is 0. The van der Waals surface area contributed by atoms with Crippen molar-refractivity contribution in [3.63, 3.8) is 0 Å². The molecule has 0 bridgehead atoms. The van der Waals surface area contributed by atoms with Gasteiger partial charge in [0.25, 0.3) is 0 Å². The van der Waals surface area contributed by atoms with Crippen LogP contribution in [0.25, 0.3) is 0 Å². The van der Waals surface area contributed by atoms with E-state index in [9.17, 15) is 53.7 Å². The van der Waals surface area contributed by atoms with Crippen LogP contribution in [-0.2, 0) is 57.6 Å². The summed E-state index contributed by atoms with van der Waals surface area (Å²) in [4.78, 5) is 117. The second kappa shape index (κ2) is 27.3. The number of rotatable bonds is 28. The zero-order chi connectivity index (χ0) is 49.6. The Morgan fingerprint density at radius 1 is 0.687 bits per heavy atom. The first-order valence-electron chi connectivity index (χ1n) is 21.2. The monoisotopic (exact) mass is 952 g/mol. The van der Waals surface area contributed by atoms with E-state index in [4.69, 9.17) is 17.2 Å². The maximum atomic E-state index is 14.1. The lowest BCUT2D eigenvalue weighted by atomic mass is 10.0. The molecule has 364 valence electrons. The van der Waals surface area contributed by atoms with Crippen LogP contribution in [0.5, 0.6) is 5.75 Å². The quantitative estimate of drug-likeness (QED) is 0.0162. The number of phenolic OH excluding ortho intramolecular Hbond substituents is 1. The molecule has 7 atom stereocenters. The van der Waals surface area contributed by atoms with Crippen LogP contribution in [0.15, 0.2) is 72.1 Å². The molecule has 2 aromatic carbocycles. The van der Waals surface area contributed by atoms with Crippen molar-refractivity contribution in [3.8, 4) is 5.75 Å². The highest BCUT2D eigenvalue weighted by atomic mass is 32.1. The van der Waals surface area contributed by atoms with Crippen molar-refractivity contribution in [2.45, 2.75) is 101 Å². The van der Waals surface area contributed by atoms with Gasteiger partial charge < -0.3 is 69.4 Å². The Hall–Kier alpha value is -7.21. The number of phenols is 1. The number of benzene rings is 2. The largest absolute Gasteiger partial charge is 0.508 e. The molecular formula is C43H60N12O11S. The minimum absolute atomic E-state index is 0.0159. The van der Waals surface area contributed by atoms with Crippen molar-refractivity contribution in [3.05, 3.63) is 83.9 Å². The van der Waals surface area contributed by atoms with Gasteiger partial charge in [0, 0.05) is 43.5 Å². The van der Waals surface area contributed by atoms with Gasteiger partial charge in [0.05, 0.1) is 18.8 Å². The number of imidazole rings is 1. The number of carbonyl (C=O) groups excluding carboxylic acids is 6. The van der Waals surface area contributed by atoms with Crippen LogP contribution in [0, 0.1) is 5.92 Å². The van der Waals surface area contributed by atoms with Gasteiger partial charge in [-0.2, -0.15) is 12.6 Å². The highest BCUT2D eigenvalue weighted by Crippen LogP contribution is 2.13. The third kappa shape index (κ3) is 19.4. The first-order chi connectivity index (χ1) is 31.8. The smallest absolute Gasteiger partial charge is 0.326 e. The molecule has 0 aliphatic rings. The predicted molar refractivity (Wildman–Crippen MR) is 247 cm³/mol. The number of guanidine groups is 1. The summed E-state index contributed by atoms with van der Waals surface area (Å²) in [6.07, 6.45) is 1.38. The normalized spacial score (nSPS) is 14.1. The summed E-state index contributed by atoms with van der Waals surface area (Å²) in [5.41, 5.74) is 18.3. The minimum atomic E-state index is -1.86. The molecule has 0 unspecified atom stereocenters. The molecule has 6 amide bonds. The van der Waals surface area contributed by atoms with Gasteiger partial charge in [-0.3, -0.25) is 38.6 Å². The third-order valence-electron chi connectivity index (χ3n) is 9.99. The Morgan fingerprint density at radius 2 is 1.19 bits per heavy atom. The average molecular weight is 953 g/mol. The van der Waals surface area contributed by atoms with E-state index in [-0.39, 0.29) is 62.0 Å². The molecule has 67 heavy (non-hydrogen) atoms. The van der Waals surface area contributed by atoms with Crippen molar-refractivity contribution >= 4 is 66.0 Å². The zero-order valence-electron chi connectivity index (χ0n) is 37.0. The number of aromatic nitrogens is 2. The molecule has 0 saturated carbocycles. The summed E-state index contributed by atoms with van der Waals surface area (Å²) in [5, 5.41) is 44.4. The lowest BCUT2D eigenvalue weighted by molar-refractivity contribution is -0.143. The number of aromatic hydroxyl groups is 1. The van der Waals surface area contributed by atoms with E-state index in [0.717, 1.165) is 0 Å². The first-order valence-corrected chi connectivity index (χ1v) is 21.9. The van der Waals surface area contributed by atoms with Gasteiger partial charge in [0.2, 0.25) is 35.4 Å². The fraction of sp³-hybridized carbons (Fsp3) is 0.442. The molecule has 0 spiro atoms. The molecule has 0 aliphatic carbocycles. The molecular weight excluding hydrogens is 893 g/mol. The molecule has 3 rings (SSSR count). The van der Waals surface area contributed by atoms with E-state index in [1.165, 1.54) is 36.8 Å². The summed E-state index contributed by atoms with van der Waals surface area (Å²) in [6.45, 7) is 3.73. The molecule has 24 heteroatoms. The van der Waals surface area contributed by atoms with Crippen LogP contribution in [-0.4, -0.2) is 133 Å². The molecule has 16 N–H and O–H groups in total. The van der Waals surface area contributed by atoms with E-state index in [1.54, 1.807) is 30.3 Å². The van der Waals surface area contributed by atoms with Crippen molar-refractivity contribution < 1.29 is 53.7 Å². The maximum Gasteiger partial charge on any atom is 0.326 e. The number of carboxylic acid groups (broad SMARTS) is 2. The average Bonchev–Trinajstić information content (AvgIpc) is 3.79. The number of aliphatic carboxylic acids is 2. The highest BCUT2D eigenvalue weighted by molar-refractivity contribution is 7.80. The Balaban J connectivity index is 1.90. The van der Waals surface area contributed by atoms with E-state index >= 15 is 0 Å². The van der Waals surface area contributed by atoms with E-state index < -0.39 is 96.1 Å². The lowest BCUT2D eigenvalue weighted by Crippen LogP contribution is -2.60. The summed E-state index contributed by atoms with van der Waals surface area (Å²) < 4.78 is 0. The van der Waals surface area contributed by atoms with E-state index in [2.05, 4.69) is 59.5 Å². The van der Waals surface area contributed by atoms with E-state index in [1.807, 2.05) is 13.8 Å². The number of amides is 6. The standard InChI is InChI=1S/C43H60N12O11S/c1-23(2)15-28(44)36(59)55-34(21-67)41(64)52-31(18-26-20-47-22-49-26)39(62)50-29(9-6-14-48-43(45)46)37(60)53-32(19-35(57)58)40(63)51-30(16-24-7-4-3-5-8-24)38(61)54-33(42(65)66)17-25-10-12-27(56)13-11-25/h3-5,7-8,10-13,20,22-23,28-34,56,67H,6,9,14-19,21,44H2,1-2H3,(H,47,49)(H,50,62)(H,51,63)(H,52,64)(H,53,60)(H,54,61)(H,55,59)(H,57,58)(H,65,66)(H4,45,46,48)/t28-,29-,30-,31-,32-,33-,34-/m0/s1. The van der Waals surface area contributed by atoms with E-state index in [0.29, 0.717) is 23.2 Å². The summed E-state index contributed by atoms with van der Waals surface area (Å²) in [6, 6.07) is 4.01. The van der Waals surface area contributed by atoms with Gasteiger partial charge in [-0.1, -0.05) is 56.3 Å². The van der Waals surface area contributed by atoms with Crippen molar-refractivity contribution in [2.24, 2.45) is 28.1 Å². The molecule has 1 aromatic heterocycles. The van der Waals surface area contributed by atoms with Crippen LogP contribution in [0.3, 0.4) is 0 Å². The summed E-state index contributed by atoms with van der Waals surface area (Å²) >= 11 is 4.21. The zero-order valence-corrected chi connectivity index (χ0v) is 37.9. The fourth-order valence-electron chi connectivity index (χ4n) is 6.56. The van der Waals surface area contributed by atoms with Crippen molar-refractivity contribution in [1.82, 2.24) is 41.9 Å². The van der Waals surface area contributed by atoms with Gasteiger partial charge in [-0.25, -0.2) is 9.78 Å². The van der Waals surface area contributed by atoms with Gasteiger partial charge >= 0.3 is 11.9 Å². The number of carboxylic acids is 2. The summed E-state index contributed by atoms with van der Waals surface area (Å²) in [5.74, 6) is -8.82. The number of nitrogens with two attached hydrogens (primary N) is 3. The first kappa shape index (κ1) is 54.1. The Bertz CT molecular complexity index is 2160. The fourth-order valence-corrected chi connectivity index (χ4v) is 6.82. The lowest BCUT2D eigenvalue weighted by Gasteiger charge is -2.27. The number of H-pyrrole nitrogens is 1. The second-order valence-electron chi connectivity index (χ2n) is 16.0. The number of aliphatic imine (C=N–C) groups is 1. The molecule has 0 fully saturated rings. The number of carbonyl (C=O) groups is 8. The SMILES string of the molecule is CC(C)C[C@H](N)C(=O)N[C@@H](CS)C(=O)N[C@@H](Cc1cnc[nH]1)C(=O)N[C@@H](CCCN=C(N)N)C(=O)N[C@@H](CC(=O)O)C(=O)N[C@@H](Cc1ccccc1)C(=O)N[C@@H](Cc1ccc(O)cc1)C(=O)O. The Labute approximate surface area is 391 Å². The van der Waals surface area contributed by atoms with Crippen LogP contribution in [0.2, 0.25) is 0 Å². The van der Waals surface area contributed by atoms with Gasteiger partial charge in [0.15, 0.2) is 5.96 Å². The van der Waals surface area contributed by atoms with Gasteiger partial charge in [-0.05, 0) is 48.4 Å². The maximum absolute atomic E-state index is 14.1. The Morgan fingerprint density at radius 3 is 1.75 bits per heavy atom. The number of nitrogens with zero attached hydrogens (tertiary/aromatic N) is 2. The van der Waals surface area contributed by atoms with Crippen LogP contribution in [0.4, 0.5) is 0 Å². The van der Waals surface area contributed by atoms with Crippen LogP contribution < -0.4 is 49.1 Å². The molecule has 3 aromatic rings. The van der Waals surface area contributed by atoms with Gasteiger partial charge in [-0.15, -0.1) is 0 Å². The molecule has 0 radical (unpaired) electrons. The minimum Gasteiger partial charge on any atom is -0.508 e. The number of hydrogen-bond acceptors (Lipinski definition) is 13.